The van der Waals surface area contributed by atoms with Gasteiger partial charge >= 0.3 is 32.9 Å². The second kappa shape index (κ2) is 3.94. The maximum absolute atomic E-state index is 12.7. The average molecular weight is 324 g/mol. The lowest BCUT2D eigenvalue weighted by molar-refractivity contribution is -0.338. The van der Waals surface area contributed by atoms with Gasteiger partial charge in [0, 0.05) is 0 Å². The summed E-state index contributed by atoms with van der Waals surface area (Å²) in [5.74, 6) is 0. The number of alkyl halides is 4. The normalized spacial score (nSPS) is 31.4. The van der Waals surface area contributed by atoms with Gasteiger partial charge < -0.3 is 0 Å². The van der Waals surface area contributed by atoms with Gasteiger partial charge in [0.15, 0.2) is 6.10 Å². The third kappa shape index (κ3) is 3.04. The topological polar surface area (TPSA) is 86.7 Å². The van der Waals surface area contributed by atoms with Crippen LogP contribution in [0.15, 0.2) is 0 Å². The molecule has 1 aliphatic rings. The molecule has 14 heteroatoms. The Labute approximate surface area is 96.1 Å². The van der Waals surface area contributed by atoms with E-state index in [1.807, 2.05) is 0 Å². The monoisotopic (exact) mass is 324 g/mol. The van der Waals surface area contributed by atoms with Crippen molar-refractivity contribution in [2.75, 3.05) is 0 Å². The molecular formula is C4H2F6O6S2. The van der Waals surface area contributed by atoms with Gasteiger partial charge in [-0.3, -0.25) is 4.74 Å². The minimum atomic E-state index is -6.41. The zero-order valence-electron chi connectivity index (χ0n) is 7.69. The van der Waals surface area contributed by atoms with Crippen LogP contribution in [0.3, 0.4) is 0 Å². The first-order chi connectivity index (χ1) is 7.67. The molecule has 0 saturated carbocycles. The highest BCUT2D eigenvalue weighted by atomic mass is 32.3. The Hall–Kier alpha value is -0.600. The van der Waals surface area contributed by atoms with E-state index in [0.29, 0.717) is 0 Å². The fourth-order valence-electron chi connectivity index (χ4n) is 1.19. The molecule has 1 fully saturated rings. The molecule has 0 aromatic rings. The molecule has 18 heavy (non-hydrogen) atoms. The molecule has 1 heterocycles. The summed E-state index contributed by atoms with van der Waals surface area (Å²) in [6.45, 7) is 0. The van der Waals surface area contributed by atoms with Gasteiger partial charge in [-0.15, -0.1) is 3.89 Å². The van der Waals surface area contributed by atoms with Crippen LogP contribution < -0.4 is 0 Å². The Morgan fingerprint density at radius 3 is 1.72 bits per heavy atom. The molecule has 1 rings (SSSR count). The highest BCUT2D eigenvalue weighted by Gasteiger charge is 2.74. The van der Waals surface area contributed by atoms with E-state index in [1.54, 1.807) is 0 Å². The largest absolute Gasteiger partial charge is 0.438 e. The highest BCUT2D eigenvalue weighted by molar-refractivity contribution is 7.87. The minimum absolute atomic E-state index is 2.59. The molecule has 0 bridgehead atoms. The van der Waals surface area contributed by atoms with Crippen LogP contribution in [-0.2, 0) is 29.6 Å². The molecule has 0 spiro atoms. The van der Waals surface area contributed by atoms with E-state index < -0.39 is 44.3 Å². The SMILES string of the molecule is O=S(=O)(F)O[C@@H]1[C@H](S(=O)(=O)F)C(F)(F)OC1(F)F. The molecule has 0 aliphatic carbocycles. The van der Waals surface area contributed by atoms with Crippen molar-refractivity contribution in [1.82, 2.24) is 0 Å². The molecule has 0 amide bonds. The molecule has 0 aromatic heterocycles. The second-order valence-corrected chi connectivity index (χ2v) is 5.47. The van der Waals surface area contributed by atoms with E-state index in [-0.39, 0.29) is 0 Å². The van der Waals surface area contributed by atoms with Crippen molar-refractivity contribution in [3.63, 3.8) is 0 Å². The molecule has 0 radical (unpaired) electrons. The Kier molecular flexibility index (Phi) is 3.39. The number of ether oxygens (including phenoxy) is 1. The summed E-state index contributed by atoms with van der Waals surface area (Å²) in [6.07, 6.45) is -14.4. The Balaban J connectivity index is 3.33. The van der Waals surface area contributed by atoms with E-state index in [4.69, 9.17) is 0 Å². The van der Waals surface area contributed by atoms with Crippen molar-refractivity contribution in [1.29, 1.82) is 0 Å². The van der Waals surface area contributed by atoms with Crippen LogP contribution in [-0.4, -0.2) is 40.4 Å². The van der Waals surface area contributed by atoms with Gasteiger partial charge in [0.1, 0.15) is 0 Å². The van der Waals surface area contributed by atoms with E-state index >= 15 is 0 Å². The van der Waals surface area contributed by atoms with E-state index in [1.165, 1.54) is 0 Å². The van der Waals surface area contributed by atoms with Gasteiger partial charge in [-0.1, -0.05) is 3.89 Å². The van der Waals surface area contributed by atoms with Crippen molar-refractivity contribution >= 4 is 20.7 Å². The third-order valence-electron chi connectivity index (χ3n) is 1.73. The maximum atomic E-state index is 12.7. The van der Waals surface area contributed by atoms with Gasteiger partial charge in [-0.25, -0.2) is 4.18 Å². The number of hydrogen-bond acceptors (Lipinski definition) is 6. The van der Waals surface area contributed by atoms with Gasteiger partial charge in [0.05, 0.1) is 0 Å². The van der Waals surface area contributed by atoms with Crippen molar-refractivity contribution in [2.24, 2.45) is 0 Å². The first-order valence-electron chi connectivity index (χ1n) is 3.69. The van der Waals surface area contributed by atoms with Crippen molar-refractivity contribution in [2.45, 2.75) is 23.6 Å². The zero-order valence-corrected chi connectivity index (χ0v) is 9.32. The highest BCUT2D eigenvalue weighted by Crippen LogP contribution is 2.48. The zero-order chi connectivity index (χ0) is 14.6. The smallest absolute Gasteiger partial charge is 0.252 e. The summed E-state index contributed by atoms with van der Waals surface area (Å²) < 4.78 is 121. The quantitative estimate of drug-likeness (QED) is 0.554. The lowest BCUT2D eigenvalue weighted by Gasteiger charge is -2.16. The summed E-state index contributed by atoms with van der Waals surface area (Å²) in [5.41, 5.74) is 0. The number of rotatable bonds is 3. The average Bonchev–Trinajstić information content (AvgIpc) is 2.09. The Morgan fingerprint density at radius 2 is 1.39 bits per heavy atom. The lowest BCUT2D eigenvalue weighted by Crippen LogP contribution is -2.44. The minimum Gasteiger partial charge on any atom is -0.252 e. The van der Waals surface area contributed by atoms with E-state index in [2.05, 4.69) is 8.92 Å². The molecule has 6 nitrogen and oxygen atoms in total. The van der Waals surface area contributed by atoms with Crippen molar-refractivity contribution in [3.8, 4) is 0 Å². The molecule has 0 aromatic carbocycles. The van der Waals surface area contributed by atoms with Crippen molar-refractivity contribution in [3.05, 3.63) is 0 Å². The summed E-state index contributed by atoms with van der Waals surface area (Å²) in [7, 11) is -12.7. The molecule has 108 valence electrons. The van der Waals surface area contributed by atoms with Gasteiger partial charge in [0.25, 0.3) is 0 Å². The van der Waals surface area contributed by atoms with Crippen LogP contribution in [0.2, 0.25) is 0 Å². The lowest BCUT2D eigenvalue weighted by atomic mass is 10.2. The van der Waals surface area contributed by atoms with Crippen molar-refractivity contribution < 1.29 is 51.1 Å². The predicted molar refractivity (Wildman–Crippen MR) is 39.7 cm³/mol. The fourth-order valence-corrected chi connectivity index (χ4v) is 2.62. The van der Waals surface area contributed by atoms with Gasteiger partial charge in [0.2, 0.25) is 5.25 Å². The third-order valence-corrected chi connectivity index (χ3v) is 3.30. The number of halogens is 6. The molecule has 0 unspecified atom stereocenters. The summed E-state index contributed by atoms with van der Waals surface area (Å²) >= 11 is 0. The van der Waals surface area contributed by atoms with Crippen LogP contribution in [0, 0.1) is 0 Å². The standard InChI is InChI=1S/C4H2F6O6S2/c5-3(6)1(15-18(10,13)14)2(17(9,11)12)4(7,8)16-3/h1-2H/t1-,2+/m1/s1. The molecule has 0 N–H and O–H groups in total. The Morgan fingerprint density at radius 1 is 0.944 bits per heavy atom. The Bertz CT molecular complexity index is 538. The first kappa shape index (κ1) is 15.5. The van der Waals surface area contributed by atoms with E-state index in [9.17, 15) is 42.2 Å². The number of hydrogen-bond donors (Lipinski definition) is 0. The molecule has 2 atom stereocenters. The molecule has 1 aliphatic heterocycles. The molecular weight excluding hydrogens is 322 g/mol. The van der Waals surface area contributed by atoms with Gasteiger partial charge in [-0.05, 0) is 0 Å². The summed E-state index contributed by atoms with van der Waals surface area (Å²) in [4.78, 5) is 0. The van der Waals surface area contributed by atoms with Crippen LogP contribution in [0.4, 0.5) is 25.3 Å². The molecule has 1 saturated heterocycles. The fraction of sp³-hybridized carbons (Fsp3) is 1.00. The van der Waals surface area contributed by atoms with E-state index in [0.717, 1.165) is 0 Å². The van der Waals surface area contributed by atoms with Crippen LogP contribution in [0.5, 0.6) is 0 Å². The van der Waals surface area contributed by atoms with Gasteiger partial charge in [-0.2, -0.15) is 34.4 Å². The summed E-state index contributed by atoms with van der Waals surface area (Å²) in [6, 6.07) is 0. The van der Waals surface area contributed by atoms with Crippen LogP contribution in [0.25, 0.3) is 0 Å². The maximum Gasteiger partial charge on any atom is 0.438 e. The van der Waals surface area contributed by atoms with Crippen LogP contribution >= 0.6 is 0 Å². The first-order valence-corrected chi connectivity index (χ1v) is 6.44. The second-order valence-electron chi connectivity index (χ2n) is 3.03. The van der Waals surface area contributed by atoms with Crippen LogP contribution in [0.1, 0.15) is 0 Å². The predicted octanol–water partition coefficient (Wildman–Crippen LogP) is 0.470. The summed E-state index contributed by atoms with van der Waals surface area (Å²) in [5, 5.41) is -4.02.